The molecule has 0 atom stereocenters. The molecular formula is C8H8FN3O3. The van der Waals surface area contributed by atoms with Crippen LogP contribution in [0.15, 0.2) is 18.2 Å². The van der Waals surface area contributed by atoms with Crippen molar-refractivity contribution in [2.45, 2.75) is 0 Å². The Morgan fingerprint density at radius 1 is 1.60 bits per heavy atom. The first-order valence-corrected chi connectivity index (χ1v) is 3.98. The van der Waals surface area contributed by atoms with Gasteiger partial charge in [0.1, 0.15) is 11.5 Å². The van der Waals surface area contributed by atoms with Gasteiger partial charge in [0, 0.05) is 0 Å². The zero-order valence-corrected chi connectivity index (χ0v) is 7.57. The highest BCUT2D eigenvalue weighted by atomic mass is 19.1. The number of carbonyl (C=O) groups excluding carboxylic acids is 1. The molecule has 80 valence electrons. The van der Waals surface area contributed by atoms with Crippen LogP contribution in [0.25, 0.3) is 0 Å². The Morgan fingerprint density at radius 3 is 2.80 bits per heavy atom. The molecule has 1 aromatic rings. The van der Waals surface area contributed by atoms with Crippen LogP contribution in [0, 0.1) is 15.9 Å². The van der Waals surface area contributed by atoms with Gasteiger partial charge in [-0.05, 0) is 12.1 Å². The molecule has 0 spiro atoms. The number of anilines is 1. The van der Waals surface area contributed by atoms with E-state index in [4.69, 9.17) is 5.73 Å². The van der Waals surface area contributed by atoms with E-state index in [0.717, 1.165) is 18.2 Å². The van der Waals surface area contributed by atoms with Crippen LogP contribution in [0.2, 0.25) is 0 Å². The summed E-state index contributed by atoms with van der Waals surface area (Å²) in [7, 11) is 0. The standard InChI is InChI=1S/C8H8FN3O3/c9-5-1-2-6(11-8(13)4-10)7(3-5)12(14)15/h1-3H,4,10H2,(H,11,13). The third-order valence-corrected chi connectivity index (χ3v) is 1.62. The summed E-state index contributed by atoms with van der Waals surface area (Å²) in [5.41, 5.74) is 4.44. The first kappa shape index (κ1) is 11.1. The molecule has 0 saturated carbocycles. The minimum absolute atomic E-state index is 0.0724. The first-order valence-electron chi connectivity index (χ1n) is 3.98. The van der Waals surface area contributed by atoms with E-state index in [1.807, 2.05) is 0 Å². The zero-order chi connectivity index (χ0) is 11.4. The number of hydrogen-bond donors (Lipinski definition) is 2. The number of nitrogens with zero attached hydrogens (tertiary/aromatic N) is 1. The van der Waals surface area contributed by atoms with E-state index in [9.17, 15) is 19.3 Å². The molecule has 0 aromatic heterocycles. The smallest absolute Gasteiger partial charge is 0.295 e. The van der Waals surface area contributed by atoms with Gasteiger partial charge < -0.3 is 11.1 Å². The summed E-state index contributed by atoms with van der Waals surface area (Å²) >= 11 is 0. The lowest BCUT2D eigenvalue weighted by Crippen LogP contribution is -2.22. The third-order valence-electron chi connectivity index (χ3n) is 1.62. The van der Waals surface area contributed by atoms with Gasteiger partial charge in [0.05, 0.1) is 17.5 Å². The molecule has 0 heterocycles. The average Bonchev–Trinajstić information content (AvgIpc) is 2.20. The van der Waals surface area contributed by atoms with E-state index in [1.165, 1.54) is 0 Å². The fourth-order valence-corrected chi connectivity index (χ4v) is 0.963. The van der Waals surface area contributed by atoms with Crippen LogP contribution in [-0.2, 0) is 4.79 Å². The molecule has 0 saturated heterocycles. The number of hydrogen-bond acceptors (Lipinski definition) is 4. The molecule has 1 rings (SSSR count). The summed E-state index contributed by atoms with van der Waals surface area (Å²) in [5, 5.41) is 12.7. The number of nitrogens with two attached hydrogens (primary N) is 1. The lowest BCUT2D eigenvalue weighted by atomic mass is 10.2. The van der Waals surface area contributed by atoms with Gasteiger partial charge in [0.15, 0.2) is 0 Å². The summed E-state index contributed by atoms with van der Waals surface area (Å²) in [6, 6.07) is 2.85. The normalized spacial score (nSPS) is 9.73. The second-order valence-electron chi connectivity index (χ2n) is 2.67. The maximum absolute atomic E-state index is 12.7. The Balaban J connectivity index is 3.06. The molecule has 3 N–H and O–H groups in total. The summed E-state index contributed by atoms with van der Waals surface area (Å²) in [4.78, 5) is 20.6. The van der Waals surface area contributed by atoms with Crippen LogP contribution in [-0.4, -0.2) is 17.4 Å². The van der Waals surface area contributed by atoms with Crippen molar-refractivity contribution in [3.05, 3.63) is 34.1 Å². The number of nitrogens with one attached hydrogen (secondary N) is 1. The van der Waals surface area contributed by atoms with Gasteiger partial charge in [0.25, 0.3) is 5.69 Å². The number of nitro benzene ring substituents is 1. The highest BCUT2D eigenvalue weighted by molar-refractivity contribution is 5.94. The maximum atomic E-state index is 12.7. The molecule has 1 aromatic carbocycles. The monoisotopic (exact) mass is 213 g/mol. The summed E-state index contributed by atoms with van der Waals surface area (Å²) in [5.74, 6) is -1.32. The number of benzene rings is 1. The Hall–Kier alpha value is -2.02. The average molecular weight is 213 g/mol. The van der Waals surface area contributed by atoms with Crippen molar-refractivity contribution in [1.29, 1.82) is 0 Å². The maximum Gasteiger partial charge on any atom is 0.295 e. The quantitative estimate of drug-likeness (QED) is 0.568. The van der Waals surface area contributed by atoms with Gasteiger partial charge in [-0.2, -0.15) is 0 Å². The number of rotatable bonds is 3. The van der Waals surface area contributed by atoms with Crippen molar-refractivity contribution in [3.8, 4) is 0 Å². The number of nitro groups is 1. The lowest BCUT2D eigenvalue weighted by molar-refractivity contribution is -0.384. The Morgan fingerprint density at radius 2 is 2.27 bits per heavy atom. The van der Waals surface area contributed by atoms with Crippen LogP contribution in [0.4, 0.5) is 15.8 Å². The van der Waals surface area contributed by atoms with Gasteiger partial charge >= 0.3 is 0 Å². The first-order chi connectivity index (χ1) is 7.04. The topological polar surface area (TPSA) is 98.3 Å². The van der Waals surface area contributed by atoms with E-state index in [-0.39, 0.29) is 12.2 Å². The number of amides is 1. The molecule has 0 aliphatic rings. The van der Waals surface area contributed by atoms with Crippen LogP contribution in [0.3, 0.4) is 0 Å². The summed E-state index contributed by atoms with van der Waals surface area (Å²) in [6.07, 6.45) is 0. The molecule has 6 nitrogen and oxygen atoms in total. The minimum Gasteiger partial charge on any atom is -0.322 e. The Bertz CT molecular complexity index is 408. The summed E-state index contributed by atoms with van der Waals surface area (Å²) < 4.78 is 12.7. The van der Waals surface area contributed by atoms with Crippen LogP contribution in [0.1, 0.15) is 0 Å². The van der Waals surface area contributed by atoms with Gasteiger partial charge in [-0.3, -0.25) is 14.9 Å². The summed E-state index contributed by atoms with van der Waals surface area (Å²) in [6.45, 7) is -0.297. The van der Waals surface area contributed by atoms with E-state index in [2.05, 4.69) is 5.32 Å². The van der Waals surface area contributed by atoms with E-state index >= 15 is 0 Å². The molecule has 0 fully saturated rings. The van der Waals surface area contributed by atoms with Gasteiger partial charge in [0.2, 0.25) is 5.91 Å². The SMILES string of the molecule is NCC(=O)Nc1ccc(F)cc1[N+](=O)[O-]. The molecule has 7 heteroatoms. The third kappa shape index (κ3) is 2.71. The van der Waals surface area contributed by atoms with E-state index < -0.39 is 22.3 Å². The van der Waals surface area contributed by atoms with Crippen molar-refractivity contribution in [1.82, 2.24) is 0 Å². The Kier molecular flexibility index (Phi) is 3.29. The van der Waals surface area contributed by atoms with Crippen LogP contribution in [0.5, 0.6) is 0 Å². The van der Waals surface area contributed by atoms with Crippen molar-refractivity contribution in [2.75, 3.05) is 11.9 Å². The fourth-order valence-electron chi connectivity index (χ4n) is 0.963. The zero-order valence-electron chi connectivity index (χ0n) is 7.57. The van der Waals surface area contributed by atoms with E-state index in [0.29, 0.717) is 0 Å². The highest BCUT2D eigenvalue weighted by Gasteiger charge is 2.16. The molecule has 1 amide bonds. The number of carbonyl (C=O) groups is 1. The molecule has 0 radical (unpaired) electrons. The minimum atomic E-state index is -0.783. The van der Waals surface area contributed by atoms with Crippen LogP contribution < -0.4 is 11.1 Å². The predicted molar refractivity (Wildman–Crippen MR) is 50.7 cm³/mol. The predicted octanol–water partition coefficient (Wildman–Crippen LogP) is 0.631. The van der Waals surface area contributed by atoms with Crippen molar-refractivity contribution in [2.24, 2.45) is 5.73 Å². The Labute approximate surface area is 84.0 Å². The lowest BCUT2D eigenvalue weighted by Gasteiger charge is -2.03. The van der Waals surface area contributed by atoms with Crippen LogP contribution >= 0.6 is 0 Å². The molecule has 15 heavy (non-hydrogen) atoms. The largest absolute Gasteiger partial charge is 0.322 e. The molecular weight excluding hydrogens is 205 g/mol. The van der Waals surface area contributed by atoms with Gasteiger partial charge in [-0.1, -0.05) is 0 Å². The van der Waals surface area contributed by atoms with Crippen molar-refractivity contribution < 1.29 is 14.1 Å². The highest BCUT2D eigenvalue weighted by Crippen LogP contribution is 2.24. The molecule has 0 aliphatic heterocycles. The second kappa shape index (κ2) is 4.47. The van der Waals surface area contributed by atoms with Crippen molar-refractivity contribution in [3.63, 3.8) is 0 Å². The molecule has 0 aliphatic carbocycles. The molecule has 0 unspecified atom stereocenters. The number of halogens is 1. The van der Waals surface area contributed by atoms with Gasteiger partial charge in [-0.15, -0.1) is 0 Å². The second-order valence-corrected chi connectivity index (χ2v) is 2.67. The fraction of sp³-hybridized carbons (Fsp3) is 0.125. The molecule has 0 bridgehead atoms. The van der Waals surface area contributed by atoms with Gasteiger partial charge in [-0.25, -0.2) is 4.39 Å². The van der Waals surface area contributed by atoms with E-state index in [1.54, 1.807) is 0 Å². The van der Waals surface area contributed by atoms with Crippen molar-refractivity contribution >= 4 is 17.3 Å².